The molecule has 1 aliphatic carbocycles. The first-order valence-corrected chi connectivity index (χ1v) is 7.54. The maximum absolute atomic E-state index is 11.8. The smallest absolute Gasteiger partial charge is 0.162 e. The fourth-order valence-electron chi connectivity index (χ4n) is 2.75. The van der Waals surface area contributed by atoms with Gasteiger partial charge in [-0.05, 0) is 30.7 Å². The molecule has 0 bridgehead atoms. The molecule has 1 aromatic rings. The first-order valence-electron chi connectivity index (χ1n) is 7.00. The lowest BCUT2D eigenvalue weighted by molar-refractivity contribution is 0.0982. The van der Waals surface area contributed by atoms with Crippen LogP contribution in [-0.4, -0.2) is 11.7 Å². The van der Waals surface area contributed by atoms with Crippen LogP contribution in [0.5, 0.6) is 0 Å². The molecule has 0 aromatic heterocycles. The van der Waals surface area contributed by atoms with Crippen molar-refractivity contribution in [1.29, 1.82) is 0 Å². The summed E-state index contributed by atoms with van der Waals surface area (Å²) in [6.45, 7) is 0. The molecular weight excluding hydrogens is 244 g/mol. The summed E-state index contributed by atoms with van der Waals surface area (Å²) in [6, 6.07) is 8.26. The highest BCUT2D eigenvalue weighted by atomic mass is 35.5. The van der Waals surface area contributed by atoms with Gasteiger partial charge in [0.1, 0.15) is 0 Å². The highest BCUT2D eigenvalue weighted by Crippen LogP contribution is 2.32. The van der Waals surface area contributed by atoms with Gasteiger partial charge >= 0.3 is 0 Å². The number of benzene rings is 1. The average Bonchev–Trinajstić information content (AvgIpc) is 2.46. The van der Waals surface area contributed by atoms with Crippen LogP contribution < -0.4 is 0 Å². The van der Waals surface area contributed by atoms with Crippen molar-refractivity contribution in [2.24, 2.45) is 0 Å². The maximum Gasteiger partial charge on any atom is 0.162 e. The zero-order chi connectivity index (χ0) is 12.8. The highest BCUT2D eigenvalue weighted by Gasteiger charge is 2.15. The van der Waals surface area contributed by atoms with E-state index in [0.717, 1.165) is 12.0 Å². The van der Waals surface area contributed by atoms with E-state index >= 15 is 0 Å². The van der Waals surface area contributed by atoms with Gasteiger partial charge in [-0.2, -0.15) is 0 Å². The molecule has 0 aliphatic heterocycles. The van der Waals surface area contributed by atoms with Crippen LogP contribution >= 0.6 is 11.6 Å². The van der Waals surface area contributed by atoms with Crippen LogP contribution in [0, 0.1) is 0 Å². The summed E-state index contributed by atoms with van der Waals surface area (Å²) in [5.41, 5.74) is 2.24. The summed E-state index contributed by atoms with van der Waals surface area (Å²) in [7, 11) is 0. The van der Waals surface area contributed by atoms with Crippen LogP contribution in [-0.2, 0) is 0 Å². The number of alkyl halides is 1. The van der Waals surface area contributed by atoms with Crippen molar-refractivity contribution >= 4 is 17.4 Å². The van der Waals surface area contributed by atoms with E-state index in [9.17, 15) is 4.79 Å². The van der Waals surface area contributed by atoms with Gasteiger partial charge < -0.3 is 0 Å². The van der Waals surface area contributed by atoms with Gasteiger partial charge in [0, 0.05) is 17.9 Å². The molecule has 1 aromatic carbocycles. The first-order chi connectivity index (χ1) is 8.81. The molecule has 0 saturated heterocycles. The van der Waals surface area contributed by atoms with Crippen LogP contribution in [0.4, 0.5) is 0 Å². The van der Waals surface area contributed by atoms with Gasteiger partial charge in [0.2, 0.25) is 0 Å². The molecule has 1 fully saturated rings. The summed E-state index contributed by atoms with van der Waals surface area (Å²) < 4.78 is 0. The number of carbonyl (C=O) groups is 1. The van der Waals surface area contributed by atoms with Crippen LogP contribution in [0.2, 0.25) is 0 Å². The molecule has 2 rings (SSSR count). The zero-order valence-corrected chi connectivity index (χ0v) is 11.6. The van der Waals surface area contributed by atoms with E-state index in [1.54, 1.807) is 0 Å². The van der Waals surface area contributed by atoms with E-state index in [4.69, 9.17) is 11.6 Å². The van der Waals surface area contributed by atoms with Crippen molar-refractivity contribution in [1.82, 2.24) is 0 Å². The van der Waals surface area contributed by atoms with Crippen LogP contribution in [0.25, 0.3) is 0 Å². The van der Waals surface area contributed by atoms with Gasteiger partial charge in [-0.1, -0.05) is 43.5 Å². The highest BCUT2D eigenvalue weighted by molar-refractivity contribution is 6.18. The Labute approximate surface area is 115 Å². The summed E-state index contributed by atoms with van der Waals surface area (Å²) in [5, 5.41) is 0. The van der Waals surface area contributed by atoms with E-state index < -0.39 is 0 Å². The molecule has 98 valence electrons. The molecule has 0 amide bonds. The van der Waals surface area contributed by atoms with Gasteiger partial charge in [0.25, 0.3) is 0 Å². The SMILES string of the molecule is O=C(CCCCl)c1ccc(C2CCCCC2)cc1. The molecule has 0 unspecified atom stereocenters. The predicted octanol–water partition coefficient (Wildman–Crippen LogP) is 4.94. The standard InChI is InChI=1S/C16H21ClO/c17-12-4-7-16(18)15-10-8-14(9-11-15)13-5-2-1-3-6-13/h8-11,13H,1-7,12H2. The van der Waals surface area contributed by atoms with E-state index in [2.05, 4.69) is 12.1 Å². The van der Waals surface area contributed by atoms with Crippen molar-refractivity contribution in [2.75, 3.05) is 5.88 Å². The van der Waals surface area contributed by atoms with Crippen molar-refractivity contribution in [3.63, 3.8) is 0 Å². The van der Waals surface area contributed by atoms with Crippen molar-refractivity contribution < 1.29 is 4.79 Å². The molecule has 2 heteroatoms. The van der Waals surface area contributed by atoms with Gasteiger partial charge in [-0.25, -0.2) is 0 Å². The quantitative estimate of drug-likeness (QED) is 0.544. The van der Waals surface area contributed by atoms with Crippen LogP contribution in [0.15, 0.2) is 24.3 Å². The molecule has 0 spiro atoms. The lowest BCUT2D eigenvalue weighted by Crippen LogP contribution is -2.05. The van der Waals surface area contributed by atoms with Gasteiger partial charge in [-0.15, -0.1) is 11.6 Å². The predicted molar refractivity (Wildman–Crippen MR) is 76.6 cm³/mol. The molecule has 18 heavy (non-hydrogen) atoms. The number of hydrogen-bond donors (Lipinski definition) is 0. The summed E-state index contributed by atoms with van der Waals surface area (Å²) in [4.78, 5) is 11.8. The summed E-state index contributed by atoms with van der Waals surface area (Å²) in [6.07, 6.45) is 8.02. The van der Waals surface area contributed by atoms with E-state index in [1.165, 1.54) is 37.7 Å². The number of hydrogen-bond acceptors (Lipinski definition) is 1. The molecule has 1 aliphatic rings. The van der Waals surface area contributed by atoms with Crippen LogP contribution in [0.3, 0.4) is 0 Å². The monoisotopic (exact) mass is 264 g/mol. The van der Waals surface area contributed by atoms with Crippen molar-refractivity contribution in [2.45, 2.75) is 50.9 Å². The maximum atomic E-state index is 11.8. The minimum Gasteiger partial charge on any atom is -0.294 e. The third-order valence-electron chi connectivity index (χ3n) is 3.85. The second-order valence-electron chi connectivity index (χ2n) is 5.17. The molecule has 0 heterocycles. The van der Waals surface area contributed by atoms with Crippen molar-refractivity contribution in [3.05, 3.63) is 35.4 Å². The normalized spacial score (nSPS) is 16.7. The first kappa shape index (κ1) is 13.6. The topological polar surface area (TPSA) is 17.1 Å². The lowest BCUT2D eigenvalue weighted by Gasteiger charge is -2.22. The summed E-state index contributed by atoms with van der Waals surface area (Å²) in [5.74, 6) is 1.49. The molecule has 0 radical (unpaired) electrons. The lowest BCUT2D eigenvalue weighted by atomic mass is 9.84. The molecule has 0 N–H and O–H groups in total. The van der Waals surface area contributed by atoms with E-state index in [-0.39, 0.29) is 5.78 Å². The number of ketones is 1. The second-order valence-corrected chi connectivity index (χ2v) is 5.55. The van der Waals surface area contributed by atoms with E-state index in [0.29, 0.717) is 18.2 Å². The van der Waals surface area contributed by atoms with Crippen molar-refractivity contribution in [3.8, 4) is 0 Å². The Morgan fingerprint density at radius 2 is 1.78 bits per heavy atom. The van der Waals surface area contributed by atoms with Crippen LogP contribution in [0.1, 0.15) is 66.8 Å². The van der Waals surface area contributed by atoms with E-state index in [1.807, 2.05) is 12.1 Å². The minimum absolute atomic E-state index is 0.214. The number of carbonyl (C=O) groups excluding carboxylic acids is 1. The molecular formula is C16H21ClO. The van der Waals surface area contributed by atoms with Gasteiger partial charge in [0.05, 0.1) is 0 Å². The minimum atomic E-state index is 0.214. The van der Waals surface area contributed by atoms with Gasteiger partial charge in [-0.3, -0.25) is 4.79 Å². The fraction of sp³-hybridized carbons (Fsp3) is 0.562. The Bertz CT molecular complexity index is 377. The number of rotatable bonds is 5. The molecule has 1 nitrogen and oxygen atoms in total. The Hall–Kier alpha value is -0.820. The second kappa shape index (κ2) is 6.94. The molecule has 1 saturated carbocycles. The fourth-order valence-corrected chi connectivity index (χ4v) is 2.88. The third-order valence-corrected chi connectivity index (χ3v) is 4.11. The average molecular weight is 265 g/mol. The third kappa shape index (κ3) is 3.58. The Balaban J connectivity index is 1.98. The van der Waals surface area contributed by atoms with Gasteiger partial charge in [0.15, 0.2) is 5.78 Å². The number of Topliss-reactive ketones (excluding diaryl/α,β-unsaturated/α-hetero) is 1. The largest absolute Gasteiger partial charge is 0.294 e. The number of halogens is 1. The summed E-state index contributed by atoms with van der Waals surface area (Å²) >= 11 is 5.61. The Morgan fingerprint density at radius 1 is 1.11 bits per heavy atom. The Morgan fingerprint density at radius 3 is 2.39 bits per heavy atom. The molecule has 0 atom stereocenters. The zero-order valence-electron chi connectivity index (χ0n) is 10.8. The Kier molecular flexibility index (Phi) is 5.25.